The van der Waals surface area contributed by atoms with Gasteiger partial charge in [0.2, 0.25) is 0 Å². The topological polar surface area (TPSA) is 13.1 Å². The quantitative estimate of drug-likeness (QED) is 0.547. The fourth-order valence-electron chi connectivity index (χ4n) is 2.45. The van der Waals surface area contributed by atoms with Gasteiger partial charge in [-0.3, -0.25) is 0 Å². The number of hydrogen-bond acceptors (Lipinski definition) is 1. The highest BCUT2D eigenvalue weighted by Gasteiger charge is 2.11. The van der Waals surface area contributed by atoms with E-state index in [0.29, 0.717) is 6.61 Å². The molecule has 0 amide bonds. The summed E-state index contributed by atoms with van der Waals surface area (Å²) < 4.78 is 8.10. The van der Waals surface area contributed by atoms with Crippen molar-refractivity contribution in [3.63, 3.8) is 0 Å². The van der Waals surface area contributed by atoms with Gasteiger partial charge in [-0.15, -0.1) is 0 Å². The standard InChI is InChI=1S/C17H22NO.HI/c1-13-6-5-7-17(12-13)19-9-8-18-15(3)10-14(2)11-16(18)4;/h5-7,10-12H,8-9H2,1-4H3;1H/q+1;/p-1. The van der Waals surface area contributed by atoms with Gasteiger partial charge in [0, 0.05) is 26.0 Å². The normalized spacial score (nSPS) is 10.0. The van der Waals surface area contributed by atoms with Gasteiger partial charge in [-0.2, -0.15) is 4.57 Å². The number of ether oxygens (including phenoxy) is 1. The van der Waals surface area contributed by atoms with E-state index in [9.17, 15) is 0 Å². The highest BCUT2D eigenvalue weighted by molar-refractivity contribution is 5.27. The van der Waals surface area contributed by atoms with Crippen molar-refractivity contribution in [2.24, 2.45) is 0 Å². The Balaban J connectivity index is 0.00000200. The summed E-state index contributed by atoms with van der Waals surface area (Å²) in [5, 5.41) is 0. The van der Waals surface area contributed by atoms with Crippen LogP contribution in [0.25, 0.3) is 0 Å². The molecule has 0 saturated carbocycles. The van der Waals surface area contributed by atoms with Crippen LogP contribution in [-0.4, -0.2) is 6.61 Å². The Bertz CT molecular complexity index is 558. The van der Waals surface area contributed by atoms with Crippen LogP contribution in [0, 0.1) is 27.7 Å². The summed E-state index contributed by atoms with van der Waals surface area (Å²) in [6.45, 7) is 10.1. The molecule has 0 saturated heterocycles. The lowest BCUT2D eigenvalue weighted by Crippen LogP contribution is -3.00. The van der Waals surface area contributed by atoms with Gasteiger partial charge in [0.05, 0.1) is 0 Å². The van der Waals surface area contributed by atoms with Crippen LogP contribution in [0.1, 0.15) is 22.5 Å². The molecule has 2 rings (SSSR count). The van der Waals surface area contributed by atoms with Gasteiger partial charge >= 0.3 is 0 Å². The molecule has 1 aromatic carbocycles. The van der Waals surface area contributed by atoms with E-state index in [4.69, 9.17) is 4.74 Å². The summed E-state index contributed by atoms with van der Waals surface area (Å²) >= 11 is 0. The first-order valence-electron chi connectivity index (χ1n) is 6.73. The van der Waals surface area contributed by atoms with Crippen LogP contribution in [0.15, 0.2) is 36.4 Å². The molecule has 2 nitrogen and oxygen atoms in total. The van der Waals surface area contributed by atoms with Crippen molar-refractivity contribution in [1.82, 2.24) is 0 Å². The van der Waals surface area contributed by atoms with Gasteiger partial charge in [0.15, 0.2) is 17.9 Å². The lowest BCUT2D eigenvalue weighted by molar-refractivity contribution is -0.709. The van der Waals surface area contributed by atoms with E-state index in [0.717, 1.165) is 12.3 Å². The maximum Gasteiger partial charge on any atom is 0.182 e. The molecule has 0 aliphatic carbocycles. The average Bonchev–Trinajstić information content (AvgIpc) is 2.32. The Kier molecular flexibility index (Phi) is 6.46. The summed E-state index contributed by atoms with van der Waals surface area (Å²) in [5.41, 5.74) is 5.11. The second kappa shape index (κ2) is 7.62. The summed E-state index contributed by atoms with van der Waals surface area (Å²) in [5.74, 6) is 0.947. The van der Waals surface area contributed by atoms with E-state index in [1.807, 2.05) is 12.1 Å². The van der Waals surface area contributed by atoms with Crippen LogP contribution in [-0.2, 0) is 6.54 Å². The molecule has 0 spiro atoms. The van der Waals surface area contributed by atoms with Crippen molar-refractivity contribution >= 4 is 0 Å². The molecular weight excluding hydrogens is 361 g/mol. The third-order valence-corrected chi connectivity index (χ3v) is 3.30. The molecular formula is C17H22INO. The summed E-state index contributed by atoms with van der Waals surface area (Å²) in [6, 6.07) is 12.6. The predicted octanol–water partition coefficient (Wildman–Crippen LogP) is 0.291. The monoisotopic (exact) mass is 383 g/mol. The van der Waals surface area contributed by atoms with Gasteiger partial charge in [-0.1, -0.05) is 12.1 Å². The maximum atomic E-state index is 5.81. The largest absolute Gasteiger partial charge is 1.00 e. The van der Waals surface area contributed by atoms with E-state index in [2.05, 4.69) is 56.5 Å². The van der Waals surface area contributed by atoms with Gasteiger partial charge in [0.1, 0.15) is 12.4 Å². The third kappa shape index (κ3) is 4.47. The number of pyridine rings is 1. The highest BCUT2D eigenvalue weighted by atomic mass is 127. The first-order valence-corrected chi connectivity index (χ1v) is 6.73. The van der Waals surface area contributed by atoms with Crippen molar-refractivity contribution in [3.8, 4) is 5.75 Å². The highest BCUT2D eigenvalue weighted by Crippen LogP contribution is 2.12. The minimum atomic E-state index is 0. The average molecular weight is 383 g/mol. The summed E-state index contributed by atoms with van der Waals surface area (Å²) in [6.07, 6.45) is 0. The molecule has 3 heteroatoms. The summed E-state index contributed by atoms with van der Waals surface area (Å²) in [4.78, 5) is 0. The Morgan fingerprint density at radius 3 is 2.15 bits per heavy atom. The minimum Gasteiger partial charge on any atom is -1.00 e. The third-order valence-electron chi connectivity index (χ3n) is 3.30. The number of aryl methyl sites for hydroxylation is 4. The zero-order valence-corrected chi connectivity index (χ0v) is 14.8. The van der Waals surface area contributed by atoms with Crippen molar-refractivity contribution in [2.75, 3.05) is 6.61 Å². The lowest BCUT2D eigenvalue weighted by Gasteiger charge is -2.08. The molecule has 1 heterocycles. The lowest BCUT2D eigenvalue weighted by atomic mass is 10.2. The van der Waals surface area contributed by atoms with Crippen molar-refractivity contribution < 1.29 is 33.3 Å². The molecule has 1 aromatic heterocycles. The number of nitrogens with zero attached hydrogens (tertiary/aromatic N) is 1. The molecule has 2 aromatic rings. The summed E-state index contributed by atoms with van der Waals surface area (Å²) in [7, 11) is 0. The zero-order valence-electron chi connectivity index (χ0n) is 12.6. The number of halogens is 1. The Morgan fingerprint density at radius 2 is 1.55 bits per heavy atom. The molecule has 108 valence electrons. The molecule has 0 N–H and O–H groups in total. The zero-order chi connectivity index (χ0) is 13.8. The number of rotatable bonds is 4. The van der Waals surface area contributed by atoms with Crippen molar-refractivity contribution in [1.29, 1.82) is 0 Å². The fraction of sp³-hybridized carbons (Fsp3) is 0.353. The SMILES string of the molecule is Cc1cccc(OCC[n+]2c(C)cc(C)cc2C)c1.[I-]. The van der Waals surface area contributed by atoms with Crippen LogP contribution in [0.4, 0.5) is 0 Å². The molecule has 0 atom stereocenters. The molecule has 0 aliphatic heterocycles. The smallest absolute Gasteiger partial charge is 0.182 e. The van der Waals surface area contributed by atoms with Gasteiger partial charge in [-0.05, 0) is 37.1 Å². The first-order chi connectivity index (χ1) is 9.06. The van der Waals surface area contributed by atoms with Crippen LogP contribution < -0.4 is 33.3 Å². The molecule has 0 fully saturated rings. The van der Waals surface area contributed by atoms with Gasteiger partial charge in [-0.25, -0.2) is 0 Å². The number of aromatic nitrogens is 1. The molecule has 20 heavy (non-hydrogen) atoms. The molecule has 0 radical (unpaired) electrons. The first kappa shape index (κ1) is 17.0. The second-order valence-corrected chi connectivity index (χ2v) is 5.13. The minimum absolute atomic E-state index is 0. The van der Waals surface area contributed by atoms with Crippen LogP contribution in [0.3, 0.4) is 0 Å². The van der Waals surface area contributed by atoms with Crippen LogP contribution in [0.2, 0.25) is 0 Å². The van der Waals surface area contributed by atoms with E-state index in [1.165, 1.54) is 22.5 Å². The van der Waals surface area contributed by atoms with E-state index in [1.54, 1.807) is 0 Å². The Labute approximate surface area is 138 Å². The number of hydrogen-bond donors (Lipinski definition) is 0. The predicted molar refractivity (Wildman–Crippen MR) is 77.5 cm³/mol. The van der Waals surface area contributed by atoms with Gasteiger partial charge in [0.25, 0.3) is 0 Å². The fourth-order valence-corrected chi connectivity index (χ4v) is 2.45. The number of benzene rings is 1. The van der Waals surface area contributed by atoms with E-state index >= 15 is 0 Å². The Morgan fingerprint density at radius 1 is 0.900 bits per heavy atom. The molecule has 0 aliphatic rings. The second-order valence-electron chi connectivity index (χ2n) is 5.13. The van der Waals surface area contributed by atoms with E-state index < -0.39 is 0 Å². The molecule has 0 bridgehead atoms. The maximum absolute atomic E-state index is 5.81. The Hall–Kier alpha value is -1.10. The van der Waals surface area contributed by atoms with Gasteiger partial charge < -0.3 is 28.7 Å². The van der Waals surface area contributed by atoms with E-state index in [-0.39, 0.29) is 24.0 Å². The van der Waals surface area contributed by atoms with Crippen LogP contribution >= 0.6 is 0 Å². The van der Waals surface area contributed by atoms with Crippen molar-refractivity contribution in [2.45, 2.75) is 34.2 Å². The van der Waals surface area contributed by atoms with Crippen molar-refractivity contribution in [3.05, 3.63) is 58.9 Å². The molecule has 0 unspecified atom stereocenters. The van der Waals surface area contributed by atoms with Crippen LogP contribution in [0.5, 0.6) is 5.75 Å².